The van der Waals surface area contributed by atoms with Crippen molar-refractivity contribution < 1.29 is 23.7 Å². The second-order valence-electron chi connectivity index (χ2n) is 6.02. The minimum absolute atomic E-state index is 0.0366. The molecule has 1 heterocycles. The quantitative estimate of drug-likeness (QED) is 0.670. The summed E-state index contributed by atoms with van der Waals surface area (Å²) in [5.41, 5.74) is 2.54. The summed E-state index contributed by atoms with van der Waals surface area (Å²) in [6, 6.07) is 11.2. The Morgan fingerprint density at radius 3 is 1.75 bits per heavy atom. The molecule has 0 amide bonds. The number of ether oxygens (including phenoxy) is 4. The first-order valence-electron chi connectivity index (χ1n) is 8.63. The second-order valence-corrected chi connectivity index (χ2v) is 7.04. The van der Waals surface area contributed by atoms with Crippen LogP contribution in [-0.4, -0.2) is 40.0 Å². The molecular formula is C22H22O5S. The van der Waals surface area contributed by atoms with Crippen molar-refractivity contribution in [1.29, 1.82) is 0 Å². The Morgan fingerprint density at radius 1 is 0.750 bits per heavy atom. The molecule has 0 radical (unpaired) electrons. The SMILES string of the molecule is COc1ccc(C=C2CSC(=Cc3ccc(OC)c(OC)c3)C2=O)cc1OC. The molecule has 0 N–H and O–H groups in total. The Labute approximate surface area is 168 Å². The Kier molecular flexibility index (Phi) is 6.31. The van der Waals surface area contributed by atoms with Crippen molar-refractivity contribution >= 4 is 29.7 Å². The van der Waals surface area contributed by atoms with Crippen LogP contribution in [0.1, 0.15) is 11.1 Å². The average molecular weight is 398 g/mol. The highest BCUT2D eigenvalue weighted by Gasteiger charge is 2.24. The maximum Gasteiger partial charge on any atom is 0.196 e. The highest BCUT2D eigenvalue weighted by atomic mass is 32.2. The predicted molar refractivity (Wildman–Crippen MR) is 113 cm³/mol. The summed E-state index contributed by atoms with van der Waals surface area (Å²) < 4.78 is 21.2. The lowest BCUT2D eigenvalue weighted by Crippen LogP contribution is -1.97. The monoisotopic (exact) mass is 398 g/mol. The number of carbonyl (C=O) groups excluding carboxylic acids is 1. The summed E-state index contributed by atoms with van der Waals surface area (Å²) in [5.74, 6) is 3.25. The number of ketones is 1. The molecule has 6 heteroatoms. The molecule has 0 atom stereocenters. The molecule has 5 nitrogen and oxygen atoms in total. The smallest absolute Gasteiger partial charge is 0.196 e. The molecular weight excluding hydrogens is 376 g/mol. The molecule has 0 aromatic heterocycles. The summed E-state index contributed by atoms with van der Waals surface area (Å²) in [4.78, 5) is 13.5. The van der Waals surface area contributed by atoms with Gasteiger partial charge in [-0.25, -0.2) is 0 Å². The van der Waals surface area contributed by atoms with Crippen molar-refractivity contribution in [3.8, 4) is 23.0 Å². The van der Waals surface area contributed by atoms with Gasteiger partial charge in [0.2, 0.25) is 0 Å². The molecule has 0 aliphatic carbocycles. The third-order valence-electron chi connectivity index (χ3n) is 4.35. The Hall–Kier alpha value is -2.86. The molecule has 3 rings (SSSR count). The molecule has 1 aliphatic rings. The minimum Gasteiger partial charge on any atom is -0.493 e. The molecule has 2 aromatic carbocycles. The van der Waals surface area contributed by atoms with Gasteiger partial charge in [-0.15, -0.1) is 11.8 Å². The van der Waals surface area contributed by atoms with Crippen LogP contribution in [-0.2, 0) is 4.79 Å². The molecule has 146 valence electrons. The van der Waals surface area contributed by atoms with E-state index in [0.717, 1.165) is 16.7 Å². The first-order valence-corrected chi connectivity index (χ1v) is 9.62. The van der Waals surface area contributed by atoms with E-state index in [9.17, 15) is 4.79 Å². The minimum atomic E-state index is 0.0366. The predicted octanol–water partition coefficient (Wildman–Crippen LogP) is 4.46. The van der Waals surface area contributed by atoms with Crippen LogP contribution in [0.3, 0.4) is 0 Å². The molecule has 1 saturated heterocycles. The third kappa shape index (κ3) is 4.17. The van der Waals surface area contributed by atoms with Gasteiger partial charge in [-0.2, -0.15) is 0 Å². The number of Topliss-reactive ketones (excluding diaryl/α,β-unsaturated/α-hetero) is 1. The van der Waals surface area contributed by atoms with E-state index in [-0.39, 0.29) is 5.78 Å². The highest BCUT2D eigenvalue weighted by Crippen LogP contribution is 2.36. The fourth-order valence-electron chi connectivity index (χ4n) is 2.90. The molecule has 0 unspecified atom stereocenters. The first kappa shape index (κ1) is 19.9. The number of allylic oxidation sites excluding steroid dienone is 1. The first-order chi connectivity index (χ1) is 13.6. The van der Waals surface area contributed by atoms with Gasteiger partial charge in [0, 0.05) is 11.3 Å². The van der Waals surface area contributed by atoms with Gasteiger partial charge in [-0.05, 0) is 47.5 Å². The van der Waals surface area contributed by atoms with E-state index in [2.05, 4.69) is 0 Å². The fourth-order valence-corrected chi connectivity index (χ4v) is 3.90. The van der Waals surface area contributed by atoms with Gasteiger partial charge < -0.3 is 18.9 Å². The molecule has 0 saturated carbocycles. The largest absolute Gasteiger partial charge is 0.493 e. The number of hydrogen-bond donors (Lipinski definition) is 0. The van der Waals surface area contributed by atoms with Gasteiger partial charge in [0.05, 0.1) is 33.3 Å². The number of hydrogen-bond acceptors (Lipinski definition) is 6. The summed E-state index contributed by atoms with van der Waals surface area (Å²) in [6.07, 6.45) is 3.77. The van der Waals surface area contributed by atoms with Gasteiger partial charge in [-0.3, -0.25) is 4.79 Å². The van der Waals surface area contributed by atoms with Crippen LogP contribution in [0.25, 0.3) is 12.2 Å². The normalized spacial score (nSPS) is 16.5. The highest BCUT2D eigenvalue weighted by molar-refractivity contribution is 8.05. The topological polar surface area (TPSA) is 54.0 Å². The Balaban J connectivity index is 1.85. The number of benzene rings is 2. The zero-order valence-electron chi connectivity index (χ0n) is 16.3. The van der Waals surface area contributed by atoms with E-state index in [1.807, 2.05) is 48.6 Å². The maximum atomic E-state index is 12.8. The van der Waals surface area contributed by atoms with Crippen LogP contribution in [0, 0.1) is 0 Å². The number of methoxy groups -OCH3 is 4. The van der Waals surface area contributed by atoms with Crippen molar-refractivity contribution in [3.05, 3.63) is 58.0 Å². The van der Waals surface area contributed by atoms with Crippen LogP contribution >= 0.6 is 11.8 Å². The van der Waals surface area contributed by atoms with E-state index >= 15 is 0 Å². The lowest BCUT2D eigenvalue weighted by atomic mass is 10.1. The van der Waals surface area contributed by atoms with E-state index in [1.165, 1.54) is 11.8 Å². The van der Waals surface area contributed by atoms with E-state index in [0.29, 0.717) is 33.7 Å². The second kappa shape index (κ2) is 8.89. The standard InChI is InChI=1S/C22H22O5S/c1-24-17-7-5-14(10-19(17)26-3)9-16-13-28-21(22(16)23)12-15-6-8-18(25-2)20(11-15)27-4/h5-12H,13H2,1-4H3. The van der Waals surface area contributed by atoms with Crippen LogP contribution < -0.4 is 18.9 Å². The molecule has 1 aliphatic heterocycles. The van der Waals surface area contributed by atoms with Gasteiger partial charge in [0.1, 0.15) is 0 Å². The van der Waals surface area contributed by atoms with E-state index in [1.54, 1.807) is 28.4 Å². The number of rotatable bonds is 6. The average Bonchev–Trinajstić information content (AvgIpc) is 3.07. The van der Waals surface area contributed by atoms with Gasteiger partial charge in [-0.1, -0.05) is 12.1 Å². The molecule has 0 bridgehead atoms. The lowest BCUT2D eigenvalue weighted by molar-refractivity contribution is -0.111. The Morgan fingerprint density at radius 2 is 1.25 bits per heavy atom. The zero-order chi connectivity index (χ0) is 20.1. The summed E-state index contributed by atoms with van der Waals surface area (Å²) >= 11 is 1.53. The van der Waals surface area contributed by atoms with E-state index < -0.39 is 0 Å². The summed E-state index contributed by atoms with van der Waals surface area (Å²) in [7, 11) is 6.37. The van der Waals surface area contributed by atoms with Crippen LogP contribution in [0.4, 0.5) is 0 Å². The maximum absolute atomic E-state index is 12.8. The van der Waals surface area contributed by atoms with Crippen molar-refractivity contribution in [2.24, 2.45) is 0 Å². The molecule has 2 aromatic rings. The zero-order valence-corrected chi connectivity index (χ0v) is 17.1. The van der Waals surface area contributed by atoms with Gasteiger partial charge >= 0.3 is 0 Å². The lowest BCUT2D eigenvalue weighted by Gasteiger charge is -2.08. The molecule has 28 heavy (non-hydrogen) atoms. The van der Waals surface area contributed by atoms with Crippen molar-refractivity contribution in [1.82, 2.24) is 0 Å². The summed E-state index contributed by atoms with van der Waals surface area (Å²) in [5, 5.41) is 0. The van der Waals surface area contributed by atoms with E-state index in [4.69, 9.17) is 18.9 Å². The van der Waals surface area contributed by atoms with Gasteiger partial charge in [0.25, 0.3) is 0 Å². The van der Waals surface area contributed by atoms with Crippen molar-refractivity contribution in [2.45, 2.75) is 0 Å². The van der Waals surface area contributed by atoms with Crippen LogP contribution in [0.15, 0.2) is 46.9 Å². The summed E-state index contributed by atoms with van der Waals surface area (Å²) in [6.45, 7) is 0. The van der Waals surface area contributed by atoms with Gasteiger partial charge in [0.15, 0.2) is 28.8 Å². The molecule has 1 fully saturated rings. The molecule has 0 spiro atoms. The number of carbonyl (C=O) groups is 1. The third-order valence-corrected chi connectivity index (χ3v) is 5.42. The number of thioether (sulfide) groups is 1. The Bertz CT molecular complexity index is 870. The van der Waals surface area contributed by atoms with Crippen LogP contribution in [0.2, 0.25) is 0 Å². The van der Waals surface area contributed by atoms with Crippen LogP contribution in [0.5, 0.6) is 23.0 Å². The fraction of sp³-hybridized carbons (Fsp3) is 0.227. The van der Waals surface area contributed by atoms with Crippen molar-refractivity contribution in [3.63, 3.8) is 0 Å². The van der Waals surface area contributed by atoms with Crippen molar-refractivity contribution in [2.75, 3.05) is 34.2 Å².